The Hall–Kier alpha value is -1.80. The monoisotopic (exact) mass is 241 g/mol. The van der Waals surface area contributed by atoms with Gasteiger partial charge in [-0.05, 0) is 54.3 Å². The molecule has 0 bridgehead atoms. The summed E-state index contributed by atoms with van der Waals surface area (Å²) in [5, 5.41) is 0. The van der Waals surface area contributed by atoms with Crippen LogP contribution < -0.4 is 10.5 Å². The van der Waals surface area contributed by atoms with Gasteiger partial charge in [-0.15, -0.1) is 0 Å². The highest BCUT2D eigenvalue weighted by molar-refractivity contribution is 5.68. The maximum atomic E-state index is 5.92. The van der Waals surface area contributed by atoms with Gasteiger partial charge in [0, 0.05) is 6.04 Å². The van der Waals surface area contributed by atoms with Crippen LogP contribution in [0.3, 0.4) is 0 Å². The van der Waals surface area contributed by atoms with Crippen LogP contribution >= 0.6 is 0 Å². The highest BCUT2D eigenvalue weighted by Crippen LogP contribution is 2.28. The van der Waals surface area contributed by atoms with Crippen LogP contribution in [0.15, 0.2) is 42.5 Å². The van der Waals surface area contributed by atoms with Crippen molar-refractivity contribution >= 4 is 0 Å². The summed E-state index contributed by atoms with van der Waals surface area (Å²) in [6.45, 7) is 4.09. The molecule has 2 aromatic rings. The number of hydrogen-bond donors (Lipinski definition) is 1. The first-order valence-corrected chi connectivity index (χ1v) is 6.12. The molecule has 0 fully saturated rings. The number of nitrogens with two attached hydrogens (primary N) is 1. The lowest BCUT2D eigenvalue weighted by Crippen LogP contribution is -2.04. The largest absolute Gasteiger partial charge is 0.497 e. The van der Waals surface area contributed by atoms with E-state index >= 15 is 0 Å². The highest BCUT2D eigenvalue weighted by atomic mass is 16.5. The summed E-state index contributed by atoms with van der Waals surface area (Å²) < 4.78 is 5.23. The van der Waals surface area contributed by atoms with Crippen LogP contribution in [0.5, 0.6) is 5.75 Å². The first kappa shape index (κ1) is 12.7. The normalized spacial score (nSPS) is 12.2. The standard InChI is InChI=1S/C16H19NO/c1-11-9-15(18-3)7-8-16(11)14-6-4-5-13(10-14)12(2)17/h4-10,12H,17H2,1-3H3. The molecule has 0 radical (unpaired) electrons. The van der Waals surface area contributed by atoms with Crippen LogP contribution in [-0.4, -0.2) is 7.11 Å². The fourth-order valence-electron chi connectivity index (χ4n) is 2.08. The lowest BCUT2D eigenvalue weighted by atomic mass is 9.97. The molecular weight excluding hydrogens is 222 g/mol. The number of aryl methyl sites for hydroxylation is 1. The Morgan fingerprint density at radius 2 is 1.89 bits per heavy atom. The van der Waals surface area contributed by atoms with Gasteiger partial charge >= 0.3 is 0 Å². The Kier molecular flexibility index (Phi) is 3.68. The predicted octanol–water partition coefficient (Wildman–Crippen LogP) is 3.69. The summed E-state index contributed by atoms with van der Waals surface area (Å²) in [5.41, 5.74) is 10.7. The Balaban J connectivity index is 2.45. The van der Waals surface area contributed by atoms with E-state index in [0.717, 1.165) is 11.3 Å². The Morgan fingerprint density at radius 3 is 2.50 bits per heavy atom. The average Bonchev–Trinajstić information content (AvgIpc) is 2.38. The summed E-state index contributed by atoms with van der Waals surface area (Å²) in [6, 6.07) is 14.6. The van der Waals surface area contributed by atoms with E-state index in [2.05, 4.69) is 37.3 Å². The van der Waals surface area contributed by atoms with Gasteiger partial charge in [-0.1, -0.05) is 24.3 Å². The Bertz CT molecular complexity index is 547. The third kappa shape index (κ3) is 2.54. The maximum absolute atomic E-state index is 5.92. The van der Waals surface area contributed by atoms with E-state index in [1.54, 1.807) is 7.11 Å². The van der Waals surface area contributed by atoms with E-state index in [1.807, 2.05) is 19.1 Å². The second-order valence-electron chi connectivity index (χ2n) is 4.59. The molecule has 1 atom stereocenters. The zero-order valence-corrected chi connectivity index (χ0v) is 11.1. The van der Waals surface area contributed by atoms with Crippen LogP contribution in [0.1, 0.15) is 24.1 Å². The summed E-state index contributed by atoms with van der Waals surface area (Å²) >= 11 is 0. The molecule has 0 aliphatic heterocycles. The molecule has 1 unspecified atom stereocenters. The second kappa shape index (κ2) is 5.23. The molecule has 2 heteroatoms. The van der Waals surface area contributed by atoms with Gasteiger partial charge in [0.15, 0.2) is 0 Å². The van der Waals surface area contributed by atoms with Crippen LogP contribution in [0.2, 0.25) is 0 Å². The molecule has 2 rings (SSSR count). The molecule has 0 aliphatic carbocycles. The van der Waals surface area contributed by atoms with Crippen LogP contribution in [0, 0.1) is 6.92 Å². The van der Waals surface area contributed by atoms with Crippen molar-refractivity contribution in [2.24, 2.45) is 5.73 Å². The van der Waals surface area contributed by atoms with Crippen LogP contribution in [0.25, 0.3) is 11.1 Å². The van der Waals surface area contributed by atoms with Gasteiger partial charge in [0.05, 0.1) is 7.11 Å². The van der Waals surface area contributed by atoms with E-state index in [9.17, 15) is 0 Å². The number of rotatable bonds is 3. The number of benzene rings is 2. The third-order valence-corrected chi connectivity index (χ3v) is 3.16. The summed E-state index contributed by atoms with van der Waals surface area (Å²) in [4.78, 5) is 0. The predicted molar refractivity (Wildman–Crippen MR) is 75.8 cm³/mol. The molecule has 2 nitrogen and oxygen atoms in total. The summed E-state index contributed by atoms with van der Waals surface area (Å²) in [6.07, 6.45) is 0. The molecular formula is C16H19NO. The quantitative estimate of drug-likeness (QED) is 0.889. The number of methoxy groups -OCH3 is 1. The van der Waals surface area contributed by atoms with Crippen LogP contribution in [0.4, 0.5) is 0 Å². The van der Waals surface area contributed by atoms with Crippen molar-refractivity contribution in [3.8, 4) is 16.9 Å². The lowest BCUT2D eigenvalue weighted by Gasteiger charge is -2.11. The van der Waals surface area contributed by atoms with E-state index in [-0.39, 0.29) is 6.04 Å². The van der Waals surface area contributed by atoms with Crippen molar-refractivity contribution < 1.29 is 4.74 Å². The van der Waals surface area contributed by atoms with Crippen molar-refractivity contribution in [2.45, 2.75) is 19.9 Å². The fraction of sp³-hybridized carbons (Fsp3) is 0.250. The van der Waals surface area contributed by atoms with Gasteiger partial charge in [0.2, 0.25) is 0 Å². The van der Waals surface area contributed by atoms with Gasteiger partial charge in [0.25, 0.3) is 0 Å². The van der Waals surface area contributed by atoms with Crippen molar-refractivity contribution in [2.75, 3.05) is 7.11 Å². The Labute approximate surface area is 108 Å². The maximum Gasteiger partial charge on any atom is 0.119 e. The van der Waals surface area contributed by atoms with E-state index < -0.39 is 0 Å². The zero-order valence-electron chi connectivity index (χ0n) is 11.1. The highest BCUT2D eigenvalue weighted by Gasteiger charge is 2.05. The first-order chi connectivity index (χ1) is 8.61. The lowest BCUT2D eigenvalue weighted by molar-refractivity contribution is 0.414. The van der Waals surface area contributed by atoms with E-state index in [4.69, 9.17) is 10.5 Å². The zero-order chi connectivity index (χ0) is 13.1. The number of hydrogen-bond acceptors (Lipinski definition) is 2. The van der Waals surface area contributed by atoms with E-state index in [1.165, 1.54) is 16.7 Å². The molecule has 0 heterocycles. The Morgan fingerprint density at radius 1 is 1.11 bits per heavy atom. The minimum absolute atomic E-state index is 0.0588. The second-order valence-corrected chi connectivity index (χ2v) is 4.59. The van der Waals surface area contributed by atoms with Crippen LogP contribution in [-0.2, 0) is 0 Å². The molecule has 0 amide bonds. The minimum atomic E-state index is 0.0588. The molecule has 0 aliphatic rings. The van der Waals surface area contributed by atoms with Gasteiger partial charge in [-0.3, -0.25) is 0 Å². The van der Waals surface area contributed by atoms with Gasteiger partial charge in [0.1, 0.15) is 5.75 Å². The SMILES string of the molecule is COc1ccc(-c2cccc(C(C)N)c2)c(C)c1. The first-order valence-electron chi connectivity index (χ1n) is 6.12. The molecule has 2 aromatic carbocycles. The average molecular weight is 241 g/mol. The topological polar surface area (TPSA) is 35.2 Å². The molecule has 0 aromatic heterocycles. The van der Waals surface area contributed by atoms with Crippen molar-refractivity contribution in [1.29, 1.82) is 0 Å². The van der Waals surface area contributed by atoms with E-state index in [0.29, 0.717) is 0 Å². The van der Waals surface area contributed by atoms with Crippen molar-refractivity contribution in [3.63, 3.8) is 0 Å². The van der Waals surface area contributed by atoms with Crippen molar-refractivity contribution in [1.82, 2.24) is 0 Å². The van der Waals surface area contributed by atoms with Gasteiger partial charge in [-0.2, -0.15) is 0 Å². The molecule has 94 valence electrons. The molecule has 0 saturated carbocycles. The summed E-state index contributed by atoms with van der Waals surface area (Å²) in [5.74, 6) is 0.889. The minimum Gasteiger partial charge on any atom is -0.497 e. The summed E-state index contributed by atoms with van der Waals surface area (Å²) in [7, 11) is 1.69. The molecule has 0 spiro atoms. The fourth-order valence-corrected chi connectivity index (χ4v) is 2.08. The van der Waals surface area contributed by atoms with Gasteiger partial charge < -0.3 is 10.5 Å². The van der Waals surface area contributed by atoms with Crippen molar-refractivity contribution in [3.05, 3.63) is 53.6 Å². The van der Waals surface area contributed by atoms with Gasteiger partial charge in [-0.25, -0.2) is 0 Å². The third-order valence-electron chi connectivity index (χ3n) is 3.16. The number of ether oxygens (including phenoxy) is 1. The molecule has 0 saturated heterocycles. The molecule has 2 N–H and O–H groups in total. The molecule has 18 heavy (non-hydrogen) atoms. The smallest absolute Gasteiger partial charge is 0.119 e.